The quantitative estimate of drug-likeness (QED) is 0.394. The Morgan fingerprint density at radius 1 is 0.977 bits per heavy atom. The van der Waals surface area contributed by atoms with E-state index in [4.69, 9.17) is 9.47 Å². The lowest BCUT2D eigenvalue weighted by Crippen LogP contribution is -2.44. The summed E-state index contributed by atoms with van der Waals surface area (Å²) in [6.07, 6.45) is 4.19. The summed E-state index contributed by atoms with van der Waals surface area (Å²) in [6, 6.07) is 10.5. The zero-order valence-electron chi connectivity index (χ0n) is 24.7. The van der Waals surface area contributed by atoms with Crippen molar-refractivity contribution in [3.63, 3.8) is 0 Å². The molecule has 1 aliphatic heterocycles. The van der Waals surface area contributed by atoms with E-state index in [0.717, 1.165) is 11.8 Å². The van der Waals surface area contributed by atoms with E-state index in [1.165, 1.54) is 30.5 Å². The van der Waals surface area contributed by atoms with Crippen LogP contribution in [0.5, 0.6) is 5.75 Å². The molecular weight excluding hydrogens is 574 g/mol. The van der Waals surface area contributed by atoms with E-state index in [9.17, 15) is 22.8 Å². The fourth-order valence-corrected chi connectivity index (χ4v) is 4.91. The lowest BCUT2D eigenvalue weighted by atomic mass is 10.1. The van der Waals surface area contributed by atoms with E-state index in [2.05, 4.69) is 20.6 Å². The number of piperidine rings is 1. The number of likely N-dealkylation sites (tertiary alicyclic amines) is 1. The smallest absolute Gasteiger partial charge is 0.410 e. The molecular formula is C30H35N5O7S. The average molecular weight is 610 g/mol. The highest BCUT2D eigenvalue weighted by Gasteiger charge is 2.29. The largest absolute Gasteiger partial charge is 0.489 e. The van der Waals surface area contributed by atoms with Gasteiger partial charge in [-0.05, 0) is 69.7 Å². The molecule has 0 aliphatic carbocycles. The van der Waals surface area contributed by atoms with Crippen LogP contribution in [0.3, 0.4) is 0 Å². The molecule has 4 rings (SSSR count). The summed E-state index contributed by atoms with van der Waals surface area (Å²) in [5, 5.41) is 5.36. The first-order chi connectivity index (χ1) is 20.2. The second-order valence-electron chi connectivity index (χ2n) is 11.2. The van der Waals surface area contributed by atoms with Gasteiger partial charge in [-0.15, -0.1) is 0 Å². The van der Waals surface area contributed by atoms with Crippen LogP contribution in [0, 0.1) is 6.92 Å². The molecule has 1 fully saturated rings. The van der Waals surface area contributed by atoms with Crippen molar-refractivity contribution in [2.24, 2.45) is 0 Å². The molecule has 228 valence electrons. The lowest BCUT2D eigenvalue weighted by Gasteiger charge is -2.33. The van der Waals surface area contributed by atoms with Gasteiger partial charge in [0.2, 0.25) is 0 Å². The van der Waals surface area contributed by atoms with Crippen LogP contribution in [0.4, 0.5) is 16.3 Å². The van der Waals surface area contributed by atoms with Crippen molar-refractivity contribution in [3.8, 4) is 5.75 Å². The van der Waals surface area contributed by atoms with Crippen LogP contribution in [0.2, 0.25) is 0 Å². The fourth-order valence-electron chi connectivity index (χ4n) is 4.27. The van der Waals surface area contributed by atoms with Gasteiger partial charge in [0.05, 0.1) is 16.1 Å². The number of anilines is 2. The Kier molecular flexibility index (Phi) is 9.34. The zero-order valence-corrected chi connectivity index (χ0v) is 25.5. The maximum absolute atomic E-state index is 13.5. The summed E-state index contributed by atoms with van der Waals surface area (Å²) < 4.78 is 36.2. The summed E-state index contributed by atoms with van der Waals surface area (Å²) >= 11 is 0. The van der Waals surface area contributed by atoms with Gasteiger partial charge >= 0.3 is 6.09 Å². The molecule has 1 saturated heterocycles. The molecule has 0 unspecified atom stereocenters. The molecule has 2 aromatic heterocycles. The Balaban J connectivity index is 1.53. The molecule has 13 heteroatoms. The number of carbonyl (C=O) groups is 3. The van der Waals surface area contributed by atoms with E-state index < -0.39 is 33.3 Å². The number of amides is 3. The van der Waals surface area contributed by atoms with Crippen LogP contribution in [-0.4, -0.2) is 72.2 Å². The highest BCUT2D eigenvalue weighted by molar-refractivity contribution is 7.90. The highest BCUT2D eigenvalue weighted by Crippen LogP contribution is 2.28. The number of sulfone groups is 1. The van der Waals surface area contributed by atoms with E-state index in [0.29, 0.717) is 31.7 Å². The highest BCUT2D eigenvalue weighted by atomic mass is 32.2. The Morgan fingerprint density at radius 2 is 1.70 bits per heavy atom. The maximum Gasteiger partial charge on any atom is 0.410 e. The number of hydrogen-bond acceptors (Lipinski definition) is 9. The Labute approximate surface area is 250 Å². The first kappa shape index (κ1) is 31.4. The number of ether oxygens (including phenoxy) is 2. The summed E-state index contributed by atoms with van der Waals surface area (Å²) in [6.45, 7) is 8.00. The third kappa shape index (κ3) is 8.51. The van der Waals surface area contributed by atoms with Crippen molar-refractivity contribution < 1.29 is 32.3 Å². The van der Waals surface area contributed by atoms with Gasteiger partial charge in [-0.2, -0.15) is 0 Å². The molecule has 12 nitrogen and oxygen atoms in total. The molecule has 1 aliphatic rings. The molecule has 3 amide bonds. The second kappa shape index (κ2) is 12.8. The van der Waals surface area contributed by atoms with Gasteiger partial charge in [0.25, 0.3) is 11.8 Å². The fraction of sp³-hybridized carbons (Fsp3) is 0.367. The van der Waals surface area contributed by atoms with Crippen molar-refractivity contribution >= 4 is 39.3 Å². The minimum absolute atomic E-state index is 0.0164. The number of aryl methyl sites for hydroxylation is 1. The molecule has 3 heterocycles. The van der Waals surface area contributed by atoms with Crippen LogP contribution >= 0.6 is 0 Å². The Hall–Kier alpha value is -4.52. The van der Waals surface area contributed by atoms with Gasteiger partial charge in [-0.3, -0.25) is 9.59 Å². The first-order valence-electron chi connectivity index (χ1n) is 13.7. The number of pyridine rings is 2. The van der Waals surface area contributed by atoms with Gasteiger partial charge in [0.15, 0.2) is 15.5 Å². The number of hydrogen-bond donors (Lipinski definition) is 2. The molecule has 43 heavy (non-hydrogen) atoms. The normalized spacial score (nSPS) is 14.1. The molecule has 3 aromatic rings. The van der Waals surface area contributed by atoms with Crippen LogP contribution in [-0.2, 0) is 14.6 Å². The summed E-state index contributed by atoms with van der Waals surface area (Å²) in [4.78, 5) is 48.8. The molecule has 2 N–H and O–H groups in total. The summed E-state index contributed by atoms with van der Waals surface area (Å²) in [7, 11) is -3.61. The van der Waals surface area contributed by atoms with Crippen molar-refractivity contribution in [1.29, 1.82) is 0 Å². The first-order valence-corrected chi connectivity index (χ1v) is 15.6. The number of aromatic nitrogens is 2. The average Bonchev–Trinajstić information content (AvgIpc) is 2.93. The molecule has 0 radical (unpaired) electrons. The van der Waals surface area contributed by atoms with Gasteiger partial charge in [0.1, 0.15) is 23.3 Å². The van der Waals surface area contributed by atoms with Crippen LogP contribution < -0.4 is 15.4 Å². The summed E-state index contributed by atoms with van der Waals surface area (Å²) in [5.74, 6) is -0.817. The van der Waals surface area contributed by atoms with Gasteiger partial charge < -0.3 is 25.0 Å². The summed E-state index contributed by atoms with van der Waals surface area (Å²) in [5.41, 5.74) is 0.476. The molecule has 0 saturated carbocycles. The minimum atomic E-state index is -3.61. The molecule has 1 aromatic carbocycles. The third-order valence-electron chi connectivity index (χ3n) is 6.44. The minimum Gasteiger partial charge on any atom is -0.489 e. The van der Waals surface area contributed by atoms with E-state index in [-0.39, 0.29) is 33.7 Å². The van der Waals surface area contributed by atoms with Crippen molar-refractivity contribution in [2.45, 2.75) is 57.1 Å². The van der Waals surface area contributed by atoms with Gasteiger partial charge in [0, 0.05) is 44.6 Å². The SMILES string of the molecule is Cc1ccc(NC(=O)c2ncccc2NC(=O)c2ccc(S(C)(=O)=O)cc2OC2CCN(C(=O)OC(C)(C)C)CC2)nc1. The van der Waals surface area contributed by atoms with Crippen molar-refractivity contribution in [3.05, 3.63) is 71.7 Å². The number of nitrogens with zero attached hydrogens (tertiary/aromatic N) is 3. The number of benzene rings is 1. The molecule has 0 spiro atoms. The number of rotatable bonds is 7. The van der Waals surface area contributed by atoms with Gasteiger partial charge in [-0.1, -0.05) is 6.07 Å². The molecule has 0 bridgehead atoms. The second-order valence-corrected chi connectivity index (χ2v) is 13.3. The van der Waals surface area contributed by atoms with E-state index >= 15 is 0 Å². The van der Waals surface area contributed by atoms with E-state index in [1.807, 2.05) is 6.92 Å². The lowest BCUT2D eigenvalue weighted by molar-refractivity contribution is 0.0126. The number of nitrogens with one attached hydrogen (secondary N) is 2. The standard InChI is InChI=1S/C30H35N5O7S/c1-19-8-11-25(32-18-19)34-28(37)26-23(7-6-14-31-26)33-27(36)22-10-9-21(43(5,39)40)17-24(22)41-20-12-15-35(16-13-20)29(38)42-30(2,3)4/h6-11,14,17-18,20H,12-13,15-16H2,1-5H3,(H,33,36)(H,32,34,37). The topological polar surface area (TPSA) is 157 Å². The van der Waals surface area contributed by atoms with Crippen LogP contribution in [0.1, 0.15) is 60.0 Å². The van der Waals surface area contributed by atoms with Crippen molar-refractivity contribution in [2.75, 3.05) is 30.0 Å². The van der Waals surface area contributed by atoms with Crippen LogP contribution in [0.25, 0.3) is 0 Å². The van der Waals surface area contributed by atoms with Crippen LogP contribution in [0.15, 0.2) is 59.8 Å². The van der Waals surface area contributed by atoms with E-state index in [1.54, 1.807) is 50.1 Å². The Bertz CT molecular complexity index is 1610. The predicted molar refractivity (Wildman–Crippen MR) is 160 cm³/mol. The van der Waals surface area contributed by atoms with Gasteiger partial charge in [-0.25, -0.2) is 23.2 Å². The number of carbonyl (C=O) groups excluding carboxylic acids is 3. The Morgan fingerprint density at radius 3 is 2.33 bits per heavy atom. The zero-order chi connectivity index (χ0) is 31.4. The molecule has 0 atom stereocenters. The van der Waals surface area contributed by atoms with Crippen molar-refractivity contribution in [1.82, 2.24) is 14.9 Å². The predicted octanol–water partition coefficient (Wildman–Crippen LogP) is 4.47. The third-order valence-corrected chi connectivity index (χ3v) is 7.55. The monoisotopic (exact) mass is 609 g/mol. The maximum atomic E-state index is 13.5.